The topological polar surface area (TPSA) is 277 Å². The van der Waals surface area contributed by atoms with E-state index in [0.29, 0.717) is 117 Å². The van der Waals surface area contributed by atoms with Crippen LogP contribution >= 0.6 is 69.6 Å². The Bertz CT molecular complexity index is 4150. The zero-order chi connectivity index (χ0) is 58.1. The molecule has 1 saturated carbocycles. The Morgan fingerprint density at radius 3 is 1.26 bits per heavy atom. The van der Waals surface area contributed by atoms with E-state index in [9.17, 15) is 21.6 Å². The lowest BCUT2D eigenvalue weighted by atomic mass is 10.1. The number of rotatable bonds is 12. The van der Waals surface area contributed by atoms with E-state index >= 15 is 0 Å². The summed E-state index contributed by atoms with van der Waals surface area (Å²) >= 11 is 37.2. The molecule has 3 N–H and O–H groups in total. The van der Waals surface area contributed by atoms with Crippen LogP contribution in [-0.2, 0) is 46.0 Å². The van der Waals surface area contributed by atoms with Crippen molar-refractivity contribution in [2.45, 2.75) is 50.2 Å². The third-order valence-electron chi connectivity index (χ3n) is 14.4. The van der Waals surface area contributed by atoms with Gasteiger partial charge in [0, 0.05) is 104 Å². The summed E-state index contributed by atoms with van der Waals surface area (Å²) < 4.78 is 60.2. The molecule has 82 heavy (non-hydrogen) atoms. The highest BCUT2D eigenvalue weighted by Crippen LogP contribution is 2.37. The van der Waals surface area contributed by atoms with Gasteiger partial charge in [-0.3, -0.25) is 18.8 Å². The van der Waals surface area contributed by atoms with Crippen LogP contribution in [0.3, 0.4) is 0 Å². The van der Waals surface area contributed by atoms with Gasteiger partial charge in [0.1, 0.15) is 16.9 Å². The van der Waals surface area contributed by atoms with E-state index in [1.807, 2.05) is 52.1 Å². The van der Waals surface area contributed by atoms with Crippen molar-refractivity contribution in [1.82, 2.24) is 86.5 Å². The molecular weight excluding hydrogens is 1230 g/mol. The Balaban J connectivity index is 0.000000129. The van der Waals surface area contributed by atoms with Crippen LogP contribution in [0.5, 0.6) is 0 Å². The number of halogens is 6. The lowest BCUT2D eigenvalue weighted by Gasteiger charge is -2.39. The molecular formula is C48H53Cl6N21O5S2. The second kappa shape index (κ2) is 22.8. The van der Waals surface area contributed by atoms with Gasteiger partial charge >= 0.3 is 0 Å². The van der Waals surface area contributed by atoms with Gasteiger partial charge in [0.25, 0.3) is 0 Å². The first-order valence-corrected chi connectivity index (χ1v) is 31.6. The van der Waals surface area contributed by atoms with Crippen LogP contribution in [0.4, 0.5) is 34.9 Å². The van der Waals surface area contributed by atoms with Crippen molar-refractivity contribution in [2.24, 2.45) is 27.1 Å². The molecule has 13 rings (SSSR count). The highest BCUT2D eigenvalue weighted by atomic mass is 35.5. The smallest absolute Gasteiger partial charge is 0.229 e. The minimum Gasteiger partial charge on any atom is -0.338 e. The number of carbonyl (C=O) groups excluding carboxylic acids is 1. The van der Waals surface area contributed by atoms with Crippen LogP contribution in [0.1, 0.15) is 50.2 Å². The molecule has 12 heterocycles. The maximum Gasteiger partial charge on any atom is 0.229 e. The lowest BCUT2D eigenvalue weighted by Crippen LogP contribution is -2.51. The number of likely N-dealkylation sites (tertiary alicyclic amines) is 1. The quantitative estimate of drug-likeness (QED) is 0.104. The average molecular weight is 1280 g/mol. The van der Waals surface area contributed by atoms with Crippen molar-refractivity contribution >= 4 is 164 Å². The van der Waals surface area contributed by atoms with Crippen molar-refractivity contribution in [1.29, 1.82) is 0 Å². The average Bonchev–Trinajstić information content (AvgIpc) is 3.66. The first kappa shape index (κ1) is 57.7. The first-order chi connectivity index (χ1) is 38.9. The molecule has 3 aliphatic heterocycles. The molecule has 1 unspecified atom stereocenters. The number of carbonyl (C=O) groups is 1. The van der Waals surface area contributed by atoms with E-state index in [1.54, 1.807) is 57.4 Å². The number of nitrogens with one attached hydrogen (secondary N) is 3. The summed E-state index contributed by atoms with van der Waals surface area (Å²) in [7, 11) is -0.766. The summed E-state index contributed by atoms with van der Waals surface area (Å²) in [6.45, 7) is 3.11. The summed E-state index contributed by atoms with van der Waals surface area (Å²) in [6.07, 6.45) is 22.4. The zero-order valence-electron chi connectivity index (χ0n) is 44.5. The van der Waals surface area contributed by atoms with Gasteiger partial charge in [-0.15, -0.1) is 0 Å². The molecule has 0 spiro atoms. The highest BCUT2D eigenvalue weighted by Gasteiger charge is 2.40. The first-order valence-electron chi connectivity index (χ1n) is 25.6. The second-order valence-corrected chi connectivity index (χ2v) is 26.8. The number of hydrogen-bond acceptors (Lipinski definition) is 17. The molecule has 9 aromatic rings. The van der Waals surface area contributed by atoms with Crippen LogP contribution in [0, 0.1) is 5.92 Å². The molecule has 9 aromatic heterocycles. The maximum atomic E-state index is 12.0. The summed E-state index contributed by atoms with van der Waals surface area (Å²) in [4.78, 5) is 40.2. The van der Waals surface area contributed by atoms with Crippen molar-refractivity contribution in [3.63, 3.8) is 0 Å². The standard InChI is InChI=1S/C17H21Cl2N7O2S.C17H17Cl2N7O.C14H15Cl2N7O2S/c1-24-9-13(18)12-8-20-17(22-16(12)24)21-14-10-26(23-15(14)19)11-4-3-6-25(7-5-11)29(2,27)28;1-24-7-12(18)11-4-20-17(22-15(11)24)21-13-8-26(23-14(13)19)10-5-25(6-10)16(27)9-2-3-9;1-21-6-10(15)9-3-17-14(19-13(9)21)18-11-7-23(20-12(11)16)8-4-22(5-8)26(2,24)25/h8-11H,3-7H2,1-2H3,(H,20,21,22);4,7-10H,2-3,5-6H2,1H3,(H,20,21,22);3,6-8H,4-5H2,1-2H3,(H,17,18,19). The van der Waals surface area contributed by atoms with Gasteiger partial charge in [-0.2, -0.15) is 34.6 Å². The van der Waals surface area contributed by atoms with Gasteiger partial charge in [-0.1, -0.05) is 69.6 Å². The normalized spacial score (nSPS) is 17.5. The molecule has 434 valence electrons. The van der Waals surface area contributed by atoms with Gasteiger partial charge in [0.2, 0.25) is 43.8 Å². The Kier molecular flexibility index (Phi) is 16.1. The maximum absolute atomic E-state index is 12.0. The van der Waals surface area contributed by atoms with E-state index in [1.165, 1.54) is 21.1 Å². The number of hydrogen-bond donors (Lipinski definition) is 3. The van der Waals surface area contributed by atoms with E-state index in [-0.39, 0.29) is 35.1 Å². The van der Waals surface area contributed by atoms with Crippen LogP contribution < -0.4 is 16.0 Å². The molecule has 4 fully saturated rings. The predicted molar refractivity (Wildman–Crippen MR) is 315 cm³/mol. The fourth-order valence-corrected chi connectivity index (χ4v) is 12.9. The SMILES string of the molecule is Cn1cc(Cl)c2cnc(Nc3cn(C4CCCN(S(C)(=O)=O)CC4)nc3Cl)nc21.Cn1cc(Cl)c2cnc(Nc3cn(C4CN(C(=O)C5CC5)C4)nc3Cl)nc21.Cn1cc(Cl)c2cnc(Nc3cn(C4CN(S(C)(=O)=O)C4)nc3Cl)nc21. The summed E-state index contributed by atoms with van der Waals surface area (Å²) in [5.41, 5.74) is 3.90. The molecule has 1 aliphatic carbocycles. The van der Waals surface area contributed by atoms with Gasteiger partial charge in [-0.05, 0) is 32.1 Å². The van der Waals surface area contributed by atoms with Crippen LogP contribution in [0.25, 0.3) is 33.1 Å². The van der Waals surface area contributed by atoms with Gasteiger partial charge in [-0.25, -0.2) is 36.1 Å². The van der Waals surface area contributed by atoms with Gasteiger partial charge in [0.15, 0.2) is 15.5 Å². The fourth-order valence-electron chi connectivity index (χ4n) is 9.69. The Morgan fingerprint density at radius 1 is 0.500 bits per heavy atom. The number of fused-ring (bicyclic) bond motifs is 3. The molecule has 0 bridgehead atoms. The minimum absolute atomic E-state index is 0.0483. The van der Waals surface area contributed by atoms with E-state index in [4.69, 9.17) is 69.6 Å². The number of sulfonamides is 2. The molecule has 3 saturated heterocycles. The molecule has 1 atom stereocenters. The molecule has 4 aliphatic rings. The minimum atomic E-state index is -3.18. The highest BCUT2D eigenvalue weighted by molar-refractivity contribution is 7.88. The zero-order valence-corrected chi connectivity index (χ0v) is 50.6. The van der Waals surface area contributed by atoms with E-state index < -0.39 is 20.0 Å². The van der Waals surface area contributed by atoms with E-state index in [2.05, 4.69) is 61.2 Å². The largest absolute Gasteiger partial charge is 0.338 e. The van der Waals surface area contributed by atoms with Crippen LogP contribution in [-0.4, -0.2) is 161 Å². The number of aromatic nitrogens is 15. The molecule has 26 nitrogen and oxygen atoms in total. The molecule has 34 heteroatoms. The second-order valence-electron chi connectivity index (χ2n) is 20.5. The Labute approximate surface area is 499 Å². The van der Waals surface area contributed by atoms with Crippen molar-refractivity contribution in [2.75, 3.05) is 67.7 Å². The number of amides is 1. The monoisotopic (exact) mass is 1280 g/mol. The van der Waals surface area contributed by atoms with Crippen LogP contribution in [0.15, 0.2) is 55.8 Å². The molecule has 0 radical (unpaired) electrons. The summed E-state index contributed by atoms with van der Waals surface area (Å²) in [5.74, 6) is 1.69. The summed E-state index contributed by atoms with van der Waals surface area (Å²) in [6, 6.07) is 0.175. The third-order valence-corrected chi connectivity index (χ3v) is 18.7. The Hall–Kier alpha value is -6.08. The molecule has 0 aromatic carbocycles. The van der Waals surface area contributed by atoms with E-state index in [0.717, 1.165) is 47.5 Å². The van der Waals surface area contributed by atoms with Crippen LogP contribution in [0.2, 0.25) is 30.5 Å². The summed E-state index contributed by atoms with van der Waals surface area (Å²) in [5, 5.41) is 27.3. The van der Waals surface area contributed by atoms with Crippen molar-refractivity contribution in [3.05, 3.63) is 86.3 Å². The third kappa shape index (κ3) is 12.3. The number of nitrogens with zero attached hydrogens (tertiary/aromatic N) is 18. The van der Waals surface area contributed by atoms with Crippen molar-refractivity contribution in [3.8, 4) is 0 Å². The van der Waals surface area contributed by atoms with Crippen molar-refractivity contribution < 1.29 is 21.6 Å². The predicted octanol–water partition coefficient (Wildman–Crippen LogP) is 8.24. The lowest BCUT2D eigenvalue weighted by molar-refractivity contribution is -0.138. The number of anilines is 6. The molecule has 1 amide bonds. The van der Waals surface area contributed by atoms with Gasteiger partial charge < -0.3 is 34.6 Å². The fraction of sp³-hybridized carbons (Fsp3) is 0.417. The number of aryl methyl sites for hydroxylation is 3. The Morgan fingerprint density at radius 2 is 0.878 bits per heavy atom. The van der Waals surface area contributed by atoms with Gasteiger partial charge in [0.05, 0.1) is 97.5 Å².